The molecule has 0 bridgehead atoms. The maximum Gasteiger partial charge on any atom is 0.310 e. The van der Waals surface area contributed by atoms with Crippen LogP contribution in [0.4, 0.5) is 0 Å². The fourth-order valence-corrected chi connectivity index (χ4v) is 5.58. The Bertz CT molecular complexity index is 721. The zero-order chi connectivity index (χ0) is 20.9. The molecule has 3 aliphatic rings. The van der Waals surface area contributed by atoms with Crippen molar-refractivity contribution < 1.29 is 19.1 Å². The van der Waals surface area contributed by atoms with Crippen molar-refractivity contribution in [3.05, 3.63) is 24.4 Å². The van der Waals surface area contributed by atoms with Crippen LogP contribution in [0.1, 0.15) is 52.4 Å². The maximum absolute atomic E-state index is 12.8. The first-order valence-corrected chi connectivity index (χ1v) is 11.3. The lowest BCUT2D eigenvalue weighted by Crippen LogP contribution is -2.50. The molecule has 1 aromatic rings. The van der Waals surface area contributed by atoms with Gasteiger partial charge in [0.15, 0.2) is 0 Å². The Kier molecular flexibility index (Phi) is 8.29. The van der Waals surface area contributed by atoms with Crippen LogP contribution in [0.25, 0.3) is 0 Å². The first-order chi connectivity index (χ1) is 14.6. The summed E-state index contributed by atoms with van der Waals surface area (Å²) in [5.41, 5.74) is 0. The second-order valence-corrected chi connectivity index (χ2v) is 8.93. The molecule has 1 aliphatic heterocycles. The Balaban J connectivity index is 0.00000272. The predicted molar refractivity (Wildman–Crippen MR) is 119 cm³/mol. The number of hydrogen-bond acceptors (Lipinski definition) is 6. The van der Waals surface area contributed by atoms with E-state index in [0.717, 1.165) is 45.2 Å². The number of carbonyl (C=O) groups is 2. The van der Waals surface area contributed by atoms with E-state index in [4.69, 9.17) is 9.47 Å². The van der Waals surface area contributed by atoms with Gasteiger partial charge in [-0.05, 0) is 43.6 Å². The molecule has 1 N–H and O–H groups in total. The molecule has 4 rings (SSSR count). The largest absolute Gasteiger partial charge is 0.474 e. The molecule has 1 amide bonds. The van der Waals surface area contributed by atoms with E-state index >= 15 is 0 Å². The van der Waals surface area contributed by atoms with Crippen molar-refractivity contribution >= 4 is 11.9 Å². The molecule has 3 fully saturated rings. The monoisotopic (exact) mass is 431 g/mol. The van der Waals surface area contributed by atoms with Gasteiger partial charge in [0.05, 0.1) is 19.6 Å². The van der Waals surface area contributed by atoms with Gasteiger partial charge >= 0.3 is 5.97 Å². The third kappa shape index (κ3) is 5.76. The number of fused-ring (bicyclic) bond motifs is 1. The van der Waals surface area contributed by atoms with Crippen LogP contribution in [0.2, 0.25) is 0 Å². The van der Waals surface area contributed by atoms with Crippen LogP contribution < -0.4 is 10.1 Å². The highest BCUT2D eigenvalue weighted by Crippen LogP contribution is 2.45. The van der Waals surface area contributed by atoms with E-state index in [9.17, 15) is 9.59 Å². The SMILES string of the molecule is C.COC(=O)C1CC2CCCCC2C1NC(=O)CN1CCC(Oc2ccccn2)CC1. The number of nitrogens with one attached hydrogen (secondary N) is 1. The van der Waals surface area contributed by atoms with Crippen LogP contribution in [0.3, 0.4) is 0 Å². The molecule has 0 spiro atoms. The number of amides is 1. The molecule has 7 heteroatoms. The number of esters is 1. The Morgan fingerprint density at radius 3 is 2.65 bits per heavy atom. The minimum Gasteiger partial charge on any atom is -0.474 e. The standard InChI is InChI=1S/C23H33N3O4.CH4/c1-29-23(28)19-14-16-6-2-3-7-18(16)22(19)25-20(27)15-26-12-9-17(10-13-26)30-21-8-4-5-11-24-21;/h4-5,8,11,16-19,22H,2-3,6-7,9-10,12-15H2,1H3,(H,25,27);1H4. The van der Waals surface area contributed by atoms with Gasteiger partial charge in [-0.3, -0.25) is 14.5 Å². The van der Waals surface area contributed by atoms with Crippen LogP contribution in [0, 0.1) is 17.8 Å². The van der Waals surface area contributed by atoms with E-state index in [0.29, 0.717) is 24.3 Å². The number of nitrogens with zero attached hydrogens (tertiary/aromatic N) is 2. The fourth-order valence-electron chi connectivity index (χ4n) is 5.58. The van der Waals surface area contributed by atoms with Gasteiger partial charge in [0.2, 0.25) is 11.8 Å². The number of aromatic nitrogens is 1. The molecular formula is C24H37N3O4. The molecule has 2 heterocycles. The number of hydrogen-bond donors (Lipinski definition) is 1. The quantitative estimate of drug-likeness (QED) is 0.698. The van der Waals surface area contributed by atoms with Crippen molar-refractivity contribution in [1.82, 2.24) is 15.2 Å². The summed E-state index contributed by atoms with van der Waals surface area (Å²) >= 11 is 0. The number of pyridine rings is 1. The number of methoxy groups -OCH3 is 1. The van der Waals surface area contributed by atoms with Crippen molar-refractivity contribution in [3.63, 3.8) is 0 Å². The van der Waals surface area contributed by atoms with Gasteiger partial charge in [-0.15, -0.1) is 0 Å². The lowest BCUT2D eigenvalue weighted by atomic mass is 9.80. The Hall–Kier alpha value is -2.15. The molecule has 0 aromatic carbocycles. The topological polar surface area (TPSA) is 80.8 Å². The number of carbonyl (C=O) groups excluding carboxylic acids is 2. The summed E-state index contributed by atoms with van der Waals surface area (Å²) < 4.78 is 11.0. The van der Waals surface area contributed by atoms with Crippen LogP contribution >= 0.6 is 0 Å². The van der Waals surface area contributed by atoms with E-state index in [1.807, 2.05) is 18.2 Å². The molecule has 4 atom stereocenters. The fraction of sp³-hybridized carbons (Fsp3) is 0.708. The molecular weight excluding hydrogens is 394 g/mol. The first-order valence-electron chi connectivity index (χ1n) is 11.3. The third-order valence-electron chi connectivity index (χ3n) is 7.08. The Morgan fingerprint density at radius 2 is 1.94 bits per heavy atom. The summed E-state index contributed by atoms with van der Waals surface area (Å²) in [6.07, 6.45) is 9.14. The summed E-state index contributed by atoms with van der Waals surface area (Å²) in [7, 11) is 1.44. The van der Waals surface area contributed by atoms with Crippen molar-refractivity contribution in [3.8, 4) is 5.88 Å². The molecule has 1 saturated heterocycles. The summed E-state index contributed by atoms with van der Waals surface area (Å²) in [4.78, 5) is 31.5. The highest BCUT2D eigenvalue weighted by atomic mass is 16.5. The van der Waals surface area contributed by atoms with Gasteiger partial charge in [0, 0.05) is 31.4 Å². The number of likely N-dealkylation sites (tertiary alicyclic amines) is 1. The summed E-state index contributed by atoms with van der Waals surface area (Å²) in [5, 5.41) is 3.22. The summed E-state index contributed by atoms with van der Waals surface area (Å²) in [6, 6.07) is 5.58. The van der Waals surface area contributed by atoms with Gasteiger partial charge < -0.3 is 14.8 Å². The van der Waals surface area contributed by atoms with Crippen LogP contribution in [-0.4, -0.2) is 60.7 Å². The van der Waals surface area contributed by atoms with Crippen molar-refractivity contribution in [1.29, 1.82) is 0 Å². The zero-order valence-corrected chi connectivity index (χ0v) is 17.8. The van der Waals surface area contributed by atoms with E-state index in [2.05, 4.69) is 15.2 Å². The molecule has 1 aromatic heterocycles. The summed E-state index contributed by atoms with van der Waals surface area (Å²) in [6.45, 7) is 2.02. The molecule has 4 unspecified atom stereocenters. The molecule has 7 nitrogen and oxygen atoms in total. The molecule has 31 heavy (non-hydrogen) atoms. The minimum atomic E-state index is -0.204. The normalized spacial score (nSPS) is 28.8. The van der Waals surface area contributed by atoms with Crippen LogP contribution in [-0.2, 0) is 14.3 Å². The average Bonchev–Trinajstić information content (AvgIpc) is 3.13. The maximum atomic E-state index is 12.8. The second-order valence-electron chi connectivity index (χ2n) is 8.93. The highest BCUT2D eigenvalue weighted by molar-refractivity contribution is 5.80. The van der Waals surface area contributed by atoms with E-state index in [-0.39, 0.29) is 37.4 Å². The zero-order valence-electron chi connectivity index (χ0n) is 17.8. The summed E-state index contributed by atoms with van der Waals surface area (Å²) in [5.74, 6) is 1.23. The smallest absolute Gasteiger partial charge is 0.310 e. The molecule has 0 radical (unpaired) electrons. The van der Waals surface area contributed by atoms with Gasteiger partial charge in [0.25, 0.3) is 0 Å². The van der Waals surface area contributed by atoms with Gasteiger partial charge in [0.1, 0.15) is 6.10 Å². The minimum absolute atomic E-state index is 0. The number of ether oxygens (including phenoxy) is 2. The van der Waals surface area contributed by atoms with Gasteiger partial charge in [-0.25, -0.2) is 4.98 Å². The van der Waals surface area contributed by atoms with Gasteiger partial charge in [-0.1, -0.05) is 32.8 Å². The van der Waals surface area contributed by atoms with E-state index < -0.39 is 0 Å². The van der Waals surface area contributed by atoms with Crippen molar-refractivity contribution in [2.24, 2.45) is 17.8 Å². The number of rotatable bonds is 6. The first kappa shape index (κ1) is 23.5. The highest BCUT2D eigenvalue weighted by Gasteiger charge is 2.48. The molecule has 2 saturated carbocycles. The second kappa shape index (κ2) is 10.9. The lowest BCUT2D eigenvalue weighted by molar-refractivity contribution is -0.146. The lowest BCUT2D eigenvalue weighted by Gasteiger charge is -2.33. The Morgan fingerprint density at radius 1 is 1.16 bits per heavy atom. The molecule has 2 aliphatic carbocycles. The van der Waals surface area contributed by atoms with Gasteiger partial charge in [-0.2, -0.15) is 0 Å². The predicted octanol–water partition coefficient (Wildman–Crippen LogP) is 3.05. The number of piperidine rings is 1. The third-order valence-corrected chi connectivity index (χ3v) is 7.08. The van der Waals surface area contributed by atoms with Crippen LogP contribution in [0.15, 0.2) is 24.4 Å². The van der Waals surface area contributed by atoms with Crippen molar-refractivity contribution in [2.45, 2.75) is 64.5 Å². The van der Waals surface area contributed by atoms with E-state index in [1.54, 1.807) is 6.20 Å². The van der Waals surface area contributed by atoms with Crippen LogP contribution in [0.5, 0.6) is 5.88 Å². The molecule has 172 valence electrons. The van der Waals surface area contributed by atoms with Crippen molar-refractivity contribution in [2.75, 3.05) is 26.7 Å². The Labute approximate surface area is 185 Å². The average molecular weight is 432 g/mol. The van der Waals surface area contributed by atoms with E-state index in [1.165, 1.54) is 20.0 Å².